The first-order chi connectivity index (χ1) is 8.12. The Morgan fingerprint density at radius 1 is 1.35 bits per heavy atom. The summed E-state index contributed by atoms with van der Waals surface area (Å²) in [5.74, 6) is -0.604. The summed E-state index contributed by atoms with van der Waals surface area (Å²) < 4.78 is 18.7. The van der Waals surface area contributed by atoms with Crippen LogP contribution in [0.1, 0.15) is 18.4 Å². The molecule has 88 valence electrons. The molecule has 2 aliphatic heterocycles. The number of ether oxygens (including phenoxy) is 1. The summed E-state index contributed by atoms with van der Waals surface area (Å²) in [6.07, 6.45) is 0.479. The van der Waals surface area contributed by atoms with Crippen LogP contribution in [-0.4, -0.2) is 18.4 Å². The van der Waals surface area contributed by atoms with Crippen LogP contribution in [-0.2, 0) is 15.0 Å². The van der Waals surface area contributed by atoms with Gasteiger partial charge in [0.15, 0.2) is 0 Å². The maximum atomic E-state index is 13.3. The fourth-order valence-corrected chi connectivity index (χ4v) is 2.54. The number of amides is 2. The lowest BCUT2D eigenvalue weighted by Gasteiger charge is -2.32. The molecule has 2 amide bonds. The number of hydrogen-bond donors (Lipinski definition) is 1. The highest BCUT2D eigenvalue weighted by Gasteiger charge is 2.51. The van der Waals surface area contributed by atoms with Crippen LogP contribution in [0.15, 0.2) is 18.2 Å². The van der Waals surface area contributed by atoms with E-state index in [1.807, 2.05) is 0 Å². The smallest absolute Gasteiger partial charge is 0.238 e. The van der Waals surface area contributed by atoms with Crippen molar-refractivity contribution in [2.24, 2.45) is 0 Å². The van der Waals surface area contributed by atoms with Gasteiger partial charge < -0.3 is 4.74 Å². The second-order valence-corrected chi connectivity index (χ2v) is 4.38. The number of benzene rings is 1. The predicted octanol–water partition coefficient (Wildman–Crippen LogP) is 0.892. The number of nitrogens with one attached hydrogen (secondary N) is 1. The molecule has 2 heterocycles. The molecule has 0 aliphatic carbocycles. The summed E-state index contributed by atoms with van der Waals surface area (Å²) in [7, 11) is 0. The summed E-state index contributed by atoms with van der Waals surface area (Å²) in [6, 6.07) is 4.07. The highest BCUT2D eigenvalue weighted by Crippen LogP contribution is 2.43. The monoisotopic (exact) mass is 235 g/mol. The molecular formula is C12H10FNO3. The van der Waals surface area contributed by atoms with E-state index in [0.717, 1.165) is 0 Å². The van der Waals surface area contributed by atoms with Crippen LogP contribution in [0.2, 0.25) is 0 Å². The third-order valence-electron chi connectivity index (χ3n) is 3.39. The van der Waals surface area contributed by atoms with E-state index in [1.54, 1.807) is 0 Å². The molecule has 1 aromatic rings. The zero-order chi connectivity index (χ0) is 12.0. The van der Waals surface area contributed by atoms with Crippen molar-refractivity contribution < 1.29 is 18.7 Å². The molecule has 1 spiro atoms. The van der Waals surface area contributed by atoms with Gasteiger partial charge in [-0.3, -0.25) is 14.9 Å². The maximum absolute atomic E-state index is 13.3. The van der Waals surface area contributed by atoms with Crippen molar-refractivity contribution >= 4 is 11.8 Å². The fourth-order valence-electron chi connectivity index (χ4n) is 2.54. The van der Waals surface area contributed by atoms with Crippen LogP contribution in [0, 0.1) is 5.82 Å². The number of hydrogen-bond acceptors (Lipinski definition) is 3. The fraction of sp³-hybridized carbons (Fsp3) is 0.333. The van der Waals surface area contributed by atoms with E-state index < -0.39 is 11.2 Å². The van der Waals surface area contributed by atoms with Gasteiger partial charge in [0, 0.05) is 18.4 Å². The molecule has 1 N–H and O–H groups in total. The first-order valence-corrected chi connectivity index (χ1v) is 5.39. The molecule has 0 bridgehead atoms. The lowest BCUT2D eigenvalue weighted by Crippen LogP contribution is -2.40. The van der Waals surface area contributed by atoms with E-state index in [4.69, 9.17) is 4.74 Å². The molecular weight excluding hydrogens is 225 g/mol. The molecule has 17 heavy (non-hydrogen) atoms. The van der Waals surface area contributed by atoms with Gasteiger partial charge in [-0.2, -0.15) is 0 Å². The second kappa shape index (κ2) is 3.29. The van der Waals surface area contributed by atoms with E-state index >= 15 is 0 Å². The third-order valence-corrected chi connectivity index (χ3v) is 3.39. The lowest BCUT2D eigenvalue weighted by atomic mass is 9.74. The van der Waals surface area contributed by atoms with Gasteiger partial charge in [-0.1, -0.05) is 0 Å². The number of imide groups is 1. The average Bonchev–Trinajstić information content (AvgIpc) is 2.56. The van der Waals surface area contributed by atoms with Gasteiger partial charge in [-0.05, 0) is 18.2 Å². The van der Waals surface area contributed by atoms with Crippen LogP contribution in [0.3, 0.4) is 0 Å². The zero-order valence-corrected chi connectivity index (χ0v) is 8.96. The molecule has 1 aromatic carbocycles. The van der Waals surface area contributed by atoms with Gasteiger partial charge >= 0.3 is 0 Å². The Balaban J connectivity index is 2.19. The average molecular weight is 235 g/mol. The normalized spacial score (nSPS) is 26.6. The quantitative estimate of drug-likeness (QED) is 0.679. The van der Waals surface area contributed by atoms with E-state index in [2.05, 4.69) is 5.32 Å². The van der Waals surface area contributed by atoms with E-state index in [0.29, 0.717) is 24.3 Å². The van der Waals surface area contributed by atoms with Crippen molar-refractivity contribution in [2.75, 3.05) is 6.61 Å². The molecule has 1 fully saturated rings. The summed E-state index contributed by atoms with van der Waals surface area (Å²) >= 11 is 0. The minimum Gasteiger partial charge on any atom is -0.493 e. The van der Waals surface area contributed by atoms with Crippen LogP contribution >= 0.6 is 0 Å². The molecule has 2 aliphatic rings. The van der Waals surface area contributed by atoms with Gasteiger partial charge in [-0.25, -0.2) is 4.39 Å². The highest BCUT2D eigenvalue weighted by molar-refractivity contribution is 6.09. The van der Waals surface area contributed by atoms with Crippen LogP contribution < -0.4 is 10.1 Å². The summed E-state index contributed by atoms with van der Waals surface area (Å²) in [5.41, 5.74) is -0.459. The SMILES string of the molecule is O=C1CC2(CCOc3ccc(F)cc32)C(=O)N1. The Bertz CT molecular complexity index is 528. The van der Waals surface area contributed by atoms with Crippen molar-refractivity contribution in [1.29, 1.82) is 0 Å². The number of rotatable bonds is 0. The molecule has 4 nitrogen and oxygen atoms in total. The van der Waals surface area contributed by atoms with Gasteiger partial charge in [-0.15, -0.1) is 0 Å². The molecule has 0 saturated carbocycles. The van der Waals surface area contributed by atoms with Crippen LogP contribution in [0.25, 0.3) is 0 Å². The molecule has 0 aromatic heterocycles. The maximum Gasteiger partial charge on any atom is 0.238 e. The van der Waals surface area contributed by atoms with Crippen molar-refractivity contribution in [3.05, 3.63) is 29.6 Å². The molecule has 5 heteroatoms. The minimum absolute atomic E-state index is 0.0750. The Morgan fingerprint density at radius 2 is 2.18 bits per heavy atom. The zero-order valence-electron chi connectivity index (χ0n) is 8.96. The van der Waals surface area contributed by atoms with Gasteiger partial charge in [0.2, 0.25) is 11.8 Å². The summed E-state index contributed by atoms with van der Waals surface area (Å²) in [6.45, 7) is 0.360. The van der Waals surface area contributed by atoms with Gasteiger partial charge in [0.25, 0.3) is 0 Å². The van der Waals surface area contributed by atoms with Crippen molar-refractivity contribution in [1.82, 2.24) is 5.32 Å². The topological polar surface area (TPSA) is 55.4 Å². The largest absolute Gasteiger partial charge is 0.493 e. The Morgan fingerprint density at radius 3 is 2.88 bits per heavy atom. The van der Waals surface area contributed by atoms with E-state index in [-0.39, 0.29) is 18.2 Å². The van der Waals surface area contributed by atoms with E-state index in [1.165, 1.54) is 18.2 Å². The first kappa shape index (κ1) is 10.3. The van der Waals surface area contributed by atoms with Crippen molar-refractivity contribution in [2.45, 2.75) is 18.3 Å². The summed E-state index contributed by atoms with van der Waals surface area (Å²) in [4.78, 5) is 23.3. The van der Waals surface area contributed by atoms with E-state index in [9.17, 15) is 14.0 Å². The number of carbonyl (C=O) groups is 2. The molecule has 3 rings (SSSR count). The lowest BCUT2D eigenvalue weighted by molar-refractivity contribution is -0.127. The Hall–Kier alpha value is -1.91. The molecule has 1 saturated heterocycles. The third kappa shape index (κ3) is 1.35. The van der Waals surface area contributed by atoms with Gasteiger partial charge in [0.1, 0.15) is 11.6 Å². The molecule has 1 unspecified atom stereocenters. The standard InChI is InChI=1S/C12H10FNO3/c13-7-1-2-9-8(5-7)12(3-4-17-9)6-10(15)14-11(12)16/h1-2,5H,3-4,6H2,(H,14,15,16). The number of carbonyl (C=O) groups excluding carboxylic acids is 2. The van der Waals surface area contributed by atoms with Crippen LogP contribution in [0.4, 0.5) is 4.39 Å². The second-order valence-electron chi connectivity index (χ2n) is 4.38. The minimum atomic E-state index is -0.938. The van der Waals surface area contributed by atoms with Crippen molar-refractivity contribution in [3.8, 4) is 5.75 Å². The Labute approximate surface area is 96.8 Å². The van der Waals surface area contributed by atoms with Gasteiger partial charge in [0.05, 0.1) is 12.0 Å². The predicted molar refractivity (Wildman–Crippen MR) is 56.0 cm³/mol. The number of halogens is 1. The molecule has 0 radical (unpaired) electrons. The van der Waals surface area contributed by atoms with Crippen molar-refractivity contribution in [3.63, 3.8) is 0 Å². The van der Waals surface area contributed by atoms with Crippen LogP contribution in [0.5, 0.6) is 5.75 Å². The number of fused-ring (bicyclic) bond motifs is 2. The summed E-state index contributed by atoms with van der Waals surface area (Å²) in [5, 5.41) is 2.28. The Kier molecular flexibility index (Phi) is 1.98. The molecule has 1 atom stereocenters. The highest BCUT2D eigenvalue weighted by atomic mass is 19.1. The first-order valence-electron chi connectivity index (χ1n) is 5.39.